The van der Waals surface area contributed by atoms with Crippen LogP contribution < -0.4 is 0 Å². The second-order valence-corrected chi connectivity index (χ2v) is 8.08. The highest BCUT2D eigenvalue weighted by molar-refractivity contribution is 5.87. The standard InChI is InChI=1S/C27H27N2/c1-20(24-15-7-11-22-9-3-5-13-26(22)24)28-17-18-29(19-28)21(2)25-16-8-12-23-10-4-6-14-27(23)25/h3-16,19-21H,17-18H2,1-2H3/q+1/t20-,21-/m0/s1. The van der Waals surface area contributed by atoms with Crippen molar-refractivity contribution in [1.82, 2.24) is 4.90 Å². The zero-order chi connectivity index (χ0) is 19.8. The molecule has 2 nitrogen and oxygen atoms in total. The summed E-state index contributed by atoms with van der Waals surface area (Å²) in [4.78, 5) is 2.49. The zero-order valence-electron chi connectivity index (χ0n) is 17.1. The third-order valence-electron chi connectivity index (χ3n) is 6.45. The van der Waals surface area contributed by atoms with Gasteiger partial charge in [-0.05, 0) is 35.4 Å². The first-order valence-corrected chi connectivity index (χ1v) is 10.5. The minimum atomic E-state index is 0.353. The average Bonchev–Trinajstić information content (AvgIpc) is 3.28. The summed E-state index contributed by atoms with van der Waals surface area (Å²) < 4.78 is 2.49. The van der Waals surface area contributed by atoms with Crippen LogP contribution in [0, 0.1) is 0 Å². The van der Waals surface area contributed by atoms with Crippen LogP contribution in [0.25, 0.3) is 21.5 Å². The Morgan fingerprint density at radius 1 is 0.690 bits per heavy atom. The molecule has 1 heterocycles. The Morgan fingerprint density at radius 2 is 1.24 bits per heavy atom. The fraction of sp³-hybridized carbons (Fsp3) is 0.222. The lowest BCUT2D eigenvalue weighted by Gasteiger charge is -2.18. The van der Waals surface area contributed by atoms with E-state index in [4.69, 9.17) is 0 Å². The van der Waals surface area contributed by atoms with Crippen LogP contribution in [0.5, 0.6) is 0 Å². The van der Waals surface area contributed by atoms with E-state index in [0.717, 1.165) is 13.1 Å². The van der Waals surface area contributed by atoms with E-state index in [1.807, 2.05) is 0 Å². The molecule has 2 atom stereocenters. The SMILES string of the molecule is C[C@@H](c1cccc2ccccc12)N1C=[N+]([C@@H](C)c2cccc3ccccc23)CC1. The Morgan fingerprint density at radius 3 is 1.93 bits per heavy atom. The van der Waals surface area contributed by atoms with Gasteiger partial charge in [0.25, 0.3) is 0 Å². The number of fused-ring (bicyclic) bond motifs is 2. The number of hydrogen-bond acceptors (Lipinski definition) is 1. The van der Waals surface area contributed by atoms with Crippen LogP contribution in [-0.4, -0.2) is 28.9 Å². The average molecular weight is 380 g/mol. The van der Waals surface area contributed by atoms with Crippen LogP contribution in [0.2, 0.25) is 0 Å². The topological polar surface area (TPSA) is 6.25 Å². The van der Waals surface area contributed by atoms with Crippen LogP contribution in [-0.2, 0) is 0 Å². The molecule has 0 N–H and O–H groups in total. The van der Waals surface area contributed by atoms with E-state index in [9.17, 15) is 0 Å². The summed E-state index contributed by atoms with van der Waals surface area (Å²) in [5.74, 6) is 0. The first-order valence-electron chi connectivity index (χ1n) is 10.5. The predicted octanol–water partition coefficient (Wildman–Crippen LogP) is 6.17. The molecule has 5 rings (SSSR count). The second kappa shape index (κ2) is 7.36. The van der Waals surface area contributed by atoms with Crippen molar-refractivity contribution < 1.29 is 4.58 Å². The lowest BCUT2D eigenvalue weighted by molar-refractivity contribution is -0.555. The predicted molar refractivity (Wildman–Crippen MR) is 123 cm³/mol. The van der Waals surface area contributed by atoms with Crippen molar-refractivity contribution in [3.63, 3.8) is 0 Å². The number of nitrogens with zero attached hydrogens (tertiary/aromatic N) is 2. The second-order valence-electron chi connectivity index (χ2n) is 8.08. The van der Waals surface area contributed by atoms with E-state index in [2.05, 4.69) is 115 Å². The maximum atomic E-state index is 2.49. The number of benzene rings is 4. The molecule has 0 amide bonds. The first-order chi connectivity index (χ1) is 14.2. The van der Waals surface area contributed by atoms with Crippen molar-refractivity contribution in [1.29, 1.82) is 0 Å². The molecule has 29 heavy (non-hydrogen) atoms. The van der Waals surface area contributed by atoms with Crippen LogP contribution in [0.15, 0.2) is 84.9 Å². The third kappa shape index (κ3) is 3.19. The van der Waals surface area contributed by atoms with Gasteiger partial charge >= 0.3 is 0 Å². The molecule has 0 spiro atoms. The van der Waals surface area contributed by atoms with Gasteiger partial charge in [-0.3, -0.25) is 9.48 Å². The van der Waals surface area contributed by atoms with Crippen molar-refractivity contribution in [3.05, 3.63) is 96.1 Å². The molecule has 0 unspecified atom stereocenters. The van der Waals surface area contributed by atoms with E-state index in [0.29, 0.717) is 12.1 Å². The van der Waals surface area contributed by atoms with Gasteiger partial charge in [0.2, 0.25) is 6.34 Å². The largest absolute Gasteiger partial charge is 0.258 e. The molecule has 0 radical (unpaired) electrons. The van der Waals surface area contributed by atoms with Gasteiger partial charge in [-0.15, -0.1) is 0 Å². The fourth-order valence-electron chi connectivity index (χ4n) is 4.71. The Hall–Kier alpha value is -3.13. The maximum Gasteiger partial charge on any atom is 0.235 e. The Kier molecular flexibility index (Phi) is 4.55. The molecule has 4 aromatic carbocycles. The lowest BCUT2D eigenvalue weighted by atomic mass is 9.99. The van der Waals surface area contributed by atoms with Crippen LogP contribution >= 0.6 is 0 Å². The summed E-state index contributed by atoms with van der Waals surface area (Å²) >= 11 is 0. The Labute approximate surface area is 172 Å². The quantitative estimate of drug-likeness (QED) is 0.384. The molecule has 0 saturated heterocycles. The van der Waals surface area contributed by atoms with Gasteiger partial charge in [0.1, 0.15) is 25.2 Å². The van der Waals surface area contributed by atoms with Gasteiger partial charge in [0.05, 0.1) is 0 Å². The summed E-state index contributed by atoms with van der Waals surface area (Å²) in [5, 5.41) is 5.35. The molecule has 1 aliphatic heterocycles. The van der Waals surface area contributed by atoms with Crippen LogP contribution in [0.1, 0.15) is 37.1 Å². The van der Waals surface area contributed by atoms with Crippen molar-refractivity contribution in [3.8, 4) is 0 Å². The van der Waals surface area contributed by atoms with Gasteiger partial charge in [-0.2, -0.15) is 0 Å². The highest BCUT2D eigenvalue weighted by Gasteiger charge is 2.29. The Bertz CT molecular complexity index is 1200. The summed E-state index contributed by atoms with van der Waals surface area (Å²) in [5.41, 5.74) is 2.80. The molecule has 0 aliphatic carbocycles. The van der Waals surface area contributed by atoms with Gasteiger partial charge in [0, 0.05) is 11.1 Å². The molecule has 1 aliphatic rings. The van der Waals surface area contributed by atoms with Crippen molar-refractivity contribution in [2.45, 2.75) is 25.9 Å². The fourth-order valence-corrected chi connectivity index (χ4v) is 4.71. The van der Waals surface area contributed by atoms with E-state index in [-0.39, 0.29) is 0 Å². The van der Waals surface area contributed by atoms with Crippen LogP contribution in [0.4, 0.5) is 0 Å². The van der Waals surface area contributed by atoms with E-state index in [1.165, 1.54) is 32.7 Å². The molecule has 2 heteroatoms. The van der Waals surface area contributed by atoms with Crippen molar-refractivity contribution >= 4 is 27.9 Å². The van der Waals surface area contributed by atoms with E-state index in [1.54, 1.807) is 0 Å². The zero-order valence-corrected chi connectivity index (χ0v) is 17.1. The molecule has 144 valence electrons. The normalized spacial score (nSPS) is 16.2. The summed E-state index contributed by atoms with van der Waals surface area (Å²) in [7, 11) is 0. The minimum Gasteiger partial charge on any atom is -0.258 e. The molecule has 0 aromatic heterocycles. The van der Waals surface area contributed by atoms with E-state index >= 15 is 0 Å². The summed E-state index contributed by atoms with van der Waals surface area (Å²) in [6.45, 7) is 6.76. The number of rotatable bonds is 4. The molecule has 0 bridgehead atoms. The van der Waals surface area contributed by atoms with E-state index < -0.39 is 0 Å². The lowest BCUT2D eigenvalue weighted by Crippen LogP contribution is -2.23. The minimum absolute atomic E-state index is 0.353. The monoisotopic (exact) mass is 379 g/mol. The molecular formula is C27H27N2+. The summed E-state index contributed by atoms with van der Waals surface area (Å²) in [6, 6.07) is 31.4. The highest BCUT2D eigenvalue weighted by Crippen LogP contribution is 2.30. The van der Waals surface area contributed by atoms with Crippen molar-refractivity contribution in [2.24, 2.45) is 0 Å². The molecular weight excluding hydrogens is 352 g/mol. The maximum absolute atomic E-state index is 2.49. The van der Waals surface area contributed by atoms with Gasteiger partial charge in [-0.25, -0.2) is 0 Å². The summed E-state index contributed by atoms with van der Waals surface area (Å²) in [6.07, 6.45) is 2.35. The van der Waals surface area contributed by atoms with Crippen molar-refractivity contribution in [2.75, 3.05) is 13.1 Å². The van der Waals surface area contributed by atoms with Gasteiger partial charge in [-0.1, -0.05) is 84.9 Å². The Balaban J connectivity index is 1.46. The molecule has 4 aromatic rings. The third-order valence-corrected chi connectivity index (χ3v) is 6.45. The highest BCUT2D eigenvalue weighted by atomic mass is 15.3. The number of hydrogen-bond donors (Lipinski definition) is 0. The van der Waals surface area contributed by atoms with Crippen LogP contribution in [0.3, 0.4) is 0 Å². The van der Waals surface area contributed by atoms with Gasteiger partial charge < -0.3 is 0 Å². The smallest absolute Gasteiger partial charge is 0.235 e. The van der Waals surface area contributed by atoms with Gasteiger partial charge in [0.15, 0.2) is 0 Å². The molecule has 0 fully saturated rings. The first kappa shape index (κ1) is 17.9. The molecule has 0 saturated carbocycles.